The normalized spacial score (nSPS) is 17.6. The van der Waals surface area contributed by atoms with Crippen LogP contribution in [0.5, 0.6) is 5.75 Å². The molecule has 1 aromatic rings. The zero-order chi connectivity index (χ0) is 62.0. The van der Waals surface area contributed by atoms with E-state index in [2.05, 4.69) is 43.9 Å². The number of phenolic OH excluding ortho intramolecular Hbond substituents is 1. The van der Waals surface area contributed by atoms with Crippen LogP contribution < -0.4 is 44.2 Å². The van der Waals surface area contributed by atoms with Crippen LogP contribution in [-0.4, -0.2) is 167 Å². The lowest BCUT2D eigenvalue weighted by atomic mass is 9.87. The number of carbonyl (C=O) groups excluding carboxylic acids is 9. The number of phenols is 1. The predicted molar refractivity (Wildman–Crippen MR) is 322 cm³/mol. The molecule has 24 nitrogen and oxygen atoms in total. The van der Waals surface area contributed by atoms with Gasteiger partial charge >= 0.3 is 5.97 Å². The summed E-state index contributed by atoms with van der Waals surface area (Å²) in [5, 5.41) is 31.4. The first kappa shape index (κ1) is 70.7. The standard InChI is InChI=1S/C57H94N12O12SSi/c1-7-35(2)50(48(74)33-40(55(80)81)34-83(4,5)6)67-51(76)39(30-37-19-21-41(71)22-20-37)32-47(73)44-17-12-27-68(44)53(78)38(14-10-25-63-56(58)59)31-46(72)42(16-11-26-64-57(60)61)66-52(77)45-18-13-28-69(45)54(79)43(65-36(3)70)15-8-9-24-62-49(75)23-29-82/h19-22,35,38-40,42-45,50,71,82H,7-18,23-34H2,1-6H3,(H,62,75)(H,65,70)(H,66,77)(H,67,76)(H,80,81)(H4,58,59,63)(H4,60,61,64)/t35?,38-,39-,40+,42-,43+,44+,45+,50+/m1/s1. The number of aliphatic carboxylic acids is 1. The van der Waals surface area contributed by atoms with E-state index in [1.54, 1.807) is 19.1 Å². The zero-order valence-corrected chi connectivity index (χ0v) is 51.4. The van der Waals surface area contributed by atoms with Gasteiger partial charge in [-0.3, -0.25) is 57.9 Å². The second kappa shape index (κ2) is 35.5. The van der Waals surface area contributed by atoms with E-state index < -0.39 is 109 Å². The van der Waals surface area contributed by atoms with Crippen LogP contribution in [0.4, 0.5) is 0 Å². The molecule has 6 amide bonds. The van der Waals surface area contributed by atoms with Crippen LogP contribution in [0.2, 0.25) is 25.7 Å². The Hall–Kier alpha value is -6.57. The van der Waals surface area contributed by atoms with E-state index in [0.29, 0.717) is 56.0 Å². The lowest BCUT2D eigenvalue weighted by molar-refractivity contribution is -0.144. The van der Waals surface area contributed by atoms with Gasteiger partial charge < -0.3 is 64.2 Å². The molecular weight excluding hydrogens is 1100 g/mol. The molecule has 1 unspecified atom stereocenters. The van der Waals surface area contributed by atoms with Crippen LogP contribution >= 0.6 is 12.6 Å². The van der Waals surface area contributed by atoms with Crippen molar-refractivity contribution >= 4 is 91.4 Å². The molecule has 0 bridgehead atoms. The smallest absolute Gasteiger partial charge is 0.306 e. The first-order valence-electron chi connectivity index (χ1n) is 29.2. The lowest BCUT2D eigenvalue weighted by Crippen LogP contribution is -2.55. The molecule has 0 aromatic heterocycles. The van der Waals surface area contributed by atoms with Gasteiger partial charge in [0.15, 0.2) is 29.3 Å². The summed E-state index contributed by atoms with van der Waals surface area (Å²) >= 11 is 4.08. The largest absolute Gasteiger partial charge is 0.508 e. The maximum atomic E-state index is 15.0. The number of nitrogens with zero attached hydrogens (tertiary/aromatic N) is 4. The van der Waals surface area contributed by atoms with Crippen molar-refractivity contribution in [3.05, 3.63) is 29.8 Å². The van der Waals surface area contributed by atoms with E-state index in [0.717, 1.165) is 0 Å². The molecule has 1 aromatic carbocycles. The maximum absolute atomic E-state index is 15.0. The molecule has 2 aliphatic rings. The number of carboxylic acids is 1. The van der Waals surface area contributed by atoms with Gasteiger partial charge in [-0.25, -0.2) is 0 Å². The molecule has 83 heavy (non-hydrogen) atoms. The molecule has 14 N–H and O–H groups in total. The maximum Gasteiger partial charge on any atom is 0.306 e. The second-order valence-corrected chi connectivity index (χ2v) is 29.3. The summed E-state index contributed by atoms with van der Waals surface area (Å²) in [6.07, 6.45) is 3.08. The van der Waals surface area contributed by atoms with Crippen molar-refractivity contribution in [1.82, 2.24) is 31.1 Å². The van der Waals surface area contributed by atoms with Crippen molar-refractivity contribution in [2.75, 3.05) is 38.5 Å². The molecule has 0 spiro atoms. The van der Waals surface area contributed by atoms with Gasteiger partial charge in [-0.2, -0.15) is 12.6 Å². The Morgan fingerprint density at radius 1 is 0.723 bits per heavy atom. The Morgan fingerprint density at radius 3 is 1.87 bits per heavy atom. The molecule has 2 aliphatic heterocycles. The Bertz CT molecular complexity index is 2430. The van der Waals surface area contributed by atoms with Gasteiger partial charge in [0.25, 0.3) is 0 Å². The predicted octanol–water partition coefficient (Wildman–Crippen LogP) is 2.30. The van der Waals surface area contributed by atoms with Crippen molar-refractivity contribution in [3.8, 4) is 5.75 Å². The number of aliphatic imine (C=N–C) groups is 2. The molecule has 464 valence electrons. The van der Waals surface area contributed by atoms with E-state index in [-0.39, 0.29) is 133 Å². The minimum atomic E-state index is -1.93. The molecule has 2 fully saturated rings. The summed E-state index contributed by atoms with van der Waals surface area (Å²) in [5.41, 5.74) is 23.0. The Labute approximate surface area is 495 Å². The first-order valence-corrected chi connectivity index (χ1v) is 33.6. The lowest BCUT2D eigenvalue weighted by Gasteiger charge is -2.31. The molecule has 0 radical (unpaired) electrons. The van der Waals surface area contributed by atoms with E-state index in [1.165, 1.54) is 28.9 Å². The minimum absolute atomic E-state index is 0.0144. The van der Waals surface area contributed by atoms with Crippen molar-refractivity contribution in [2.45, 2.75) is 186 Å². The third-order valence-electron chi connectivity index (χ3n) is 15.2. The van der Waals surface area contributed by atoms with Gasteiger partial charge in [-0.05, 0) is 112 Å². The number of amides is 6. The number of nitrogens with one attached hydrogen (secondary N) is 4. The summed E-state index contributed by atoms with van der Waals surface area (Å²) in [5.74, 6) is -8.60. The number of carbonyl (C=O) groups is 10. The minimum Gasteiger partial charge on any atom is -0.508 e. The number of hydrogen-bond donors (Lipinski definition) is 11. The van der Waals surface area contributed by atoms with Crippen molar-refractivity contribution < 1.29 is 58.2 Å². The van der Waals surface area contributed by atoms with Crippen LogP contribution in [0.3, 0.4) is 0 Å². The highest BCUT2D eigenvalue weighted by Gasteiger charge is 2.42. The highest BCUT2D eigenvalue weighted by atomic mass is 32.1. The van der Waals surface area contributed by atoms with Gasteiger partial charge in [-0.1, -0.05) is 52.0 Å². The molecule has 2 saturated heterocycles. The quantitative estimate of drug-likeness (QED) is 0.0149. The number of hydrogen-bond acceptors (Lipinski definition) is 14. The second-order valence-electron chi connectivity index (χ2n) is 23.4. The molecular formula is C57H94N12O12SSi. The number of nitrogens with two attached hydrogens (primary N) is 4. The fraction of sp³-hybridized carbons (Fsp3) is 0.684. The fourth-order valence-corrected chi connectivity index (χ4v) is 12.8. The fourth-order valence-electron chi connectivity index (χ4n) is 10.8. The van der Waals surface area contributed by atoms with Crippen LogP contribution in [0, 0.1) is 23.7 Å². The average Bonchev–Trinajstić information content (AvgIpc) is 4.27. The van der Waals surface area contributed by atoms with E-state index in [4.69, 9.17) is 22.9 Å². The molecule has 9 atom stereocenters. The van der Waals surface area contributed by atoms with Crippen LogP contribution in [0.25, 0.3) is 0 Å². The SMILES string of the molecule is CCC(C)[C@H](NC(=O)[C@@H](CC(=O)[C@@H]1CCCN1C(=O)[C@H](CCCN=C(N)N)CC(=O)[C@@H](CCCN=C(N)N)NC(=O)[C@@H]1CCCN1C(=O)[C@H](CCCCNC(=O)CCS)NC(C)=O)Cc1ccc(O)cc1)C(=O)C[C@@H](C[Si](C)(C)C)C(=O)O. The number of aromatic hydroxyl groups is 1. The number of benzene rings is 1. The summed E-state index contributed by atoms with van der Waals surface area (Å²) in [7, 11) is -1.93. The highest BCUT2D eigenvalue weighted by Crippen LogP contribution is 2.30. The van der Waals surface area contributed by atoms with Crippen LogP contribution in [-0.2, 0) is 54.4 Å². The Morgan fingerprint density at radius 2 is 1.30 bits per heavy atom. The molecule has 0 saturated carbocycles. The Kier molecular flexibility index (Phi) is 30.3. The van der Waals surface area contributed by atoms with Crippen LogP contribution in [0.15, 0.2) is 34.3 Å². The van der Waals surface area contributed by atoms with Gasteiger partial charge in [0.05, 0.1) is 24.0 Å². The van der Waals surface area contributed by atoms with Crippen molar-refractivity contribution in [2.24, 2.45) is 56.6 Å². The van der Waals surface area contributed by atoms with E-state index in [1.807, 2.05) is 26.6 Å². The number of unbranched alkanes of at least 4 members (excludes halogenated alkanes) is 1. The molecule has 0 aliphatic carbocycles. The number of rotatable bonds is 38. The number of thiol groups is 1. The third kappa shape index (κ3) is 25.0. The molecule has 2 heterocycles. The van der Waals surface area contributed by atoms with Gasteiger partial charge in [0, 0.05) is 85.2 Å². The van der Waals surface area contributed by atoms with E-state index in [9.17, 15) is 58.2 Å². The molecule has 26 heteroatoms. The first-order chi connectivity index (χ1) is 39.1. The summed E-state index contributed by atoms with van der Waals surface area (Å²) < 4.78 is 0. The monoisotopic (exact) mass is 1200 g/mol. The van der Waals surface area contributed by atoms with Gasteiger partial charge in [0.2, 0.25) is 35.4 Å². The van der Waals surface area contributed by atoms with Crippen LogP contribution in [0.1, 0.15) is 129 Å². The number of guanidine groups is 2. The number of carboxylic acid groups (broad SMARTS) is 1. The highest BCUT2D eigenvalue weighted by molar-refractivity contribution is 7.80. The summed E-state index contributed by atoms with van der Waals surface area (Å²) in [6.45, 7) is 12.0. The third-order valence-corrected chi connectivity index (χ3v) is 17.1. The Balaban J connectivity index is 1.93. The zero-order valence-electron chi connectivity index (χ0n) is 49.5. The van der Waals surface area contributed by atoms with Gasteiger partial charge in [-0.15, -0.1) is 0 Å². The van der Waals surface area contributed by atoms with Crippen molar-refractivity contribution in [1.29, 1.82) is 0 Å². The number of likely N-dealkylation sites (tertiary alicyclic amines) is 2. The summed E-state index contributed by atoms with van der Waals surface area (Å²) in [6, 6.07) is 1.33. The van der Waals surface area contributed by atoms with E-state index >= 15 is 0 Å². The number of Topliss-reactive ketones (excluding diaryl/α,β-unsaturated/α-hetero) is 3. The van der Waals surface area contributed by atoms with Gasteiger partial charge in [0.1, 0.15) is 17.8 Å². The number of ketones is 3. The van der Waals surface area contributed by atoms with Crippen molar-refractivity contribution in [3.63, 3.8) is 0 Å². The molecule has 3 rings (SSSR count). The average molecular weight is 1200 g/mol. The summed E-state index contributed by atoms with van der Waals surface area (Å²) in [4.78, 5) is 149. The topological polar surface area (TPSA) is 395 Å².